The molecule has 0 atom stereocenters. The molecule has 0 spiro atoms. The van der Waals surface area contributed by atoms with Crippen LogP contribution < -0.4 is 9.47 Å². The van der Waals surface area contributed by atoms with E-state index in [1.807, 2.05) is 24.3 Å². The van der Waals surface area contributed by atoms with Crippen molar-refractivity contribution in [3.05, 3.63) is 112 Å². The van der Waals surface area contributed by atoms with E-state index < -0.39 is 17.0 Å². The zero-order valence-electron chi connectivity index (χ0n) is 19.4. The van der Waals surface area contributed by atoms with Gasteiger partial charge in [0.15, 0.2) is 11.5 Å². The maximum Gasteiger partial charge on any atom is 0.293 e. The summed E-state index contributed by atoms with van der Waals surface area (Å²) < 4.78 is 25.6. The molecule has 0 aromatic heterocycles. The molecule has 0 unspecified atom stereocenters. The number of ether oxygens (including phenoxy) is 2. The number of benzene rings is 4. The van der Waals surface area contributed by atoms with E-state index in [9.17, 15) is 14.0 Å². The number of amides is 2. The minimum atomic E-state index is -0.455. The highest BCUT2D eigenvalue weighted by Crippen LogP contribution is 2.36. The molecule has 7 heteroatoms. The van der Waals surface area contributed by atoms with Crippen LogP contribution in [-0.2, 0) is 17.9 Å². The van der Waals surface area contributed by atoms with Gasteiger partial charge in [-0.05, 0) is 57.9 Å². The Hall–Kier alpha value is -4.10. The molecule has 4 aromatic carbocycles. The SMILES string of the molecule is COc1cc(/C=C2/SC(=O)N(Cc3ccccc3F)C2=O)ccc1OCc1cccc2ccccc12. The van der Waals surface area contributed by atoms with Gasteiger partial charge in [-0.1, -0.05) is 66.7 Å². The van der Waals surface area contributed by atoms with Crippen molar-refractivity contribution in [3.8, 4) is 11.5 Å². The van der Waals surface area contributed by atoms with Crippen LogP contribution in [0.15, 0.2) is 89.8 Å². The van der Waals surface area contributed by atoms with E-state index in [1.165, 1.54) is 6.07 Å². The quantitative estimate of drug-likeness (QED) is 0.262. The molecule has 180 valence electrons. The molecule has 0 bridgehead atoms. The summed E-state index contributed by atoms with van der Waals surface area (Å²) in [6, 6.07) is 25.6. The Morgan fingerprint density at radius 3 is 2.47 bits per heavy atom. The summed E-state index contributed by atoms with van der Waals surface area (Å²) >= 11 is 0.832. The molecule has 1 heterocycles. The minimum Gasteiger partial charge on any atom is -0.493 e. The van der Waals surface area contributed by atoms with Gasteiger partial charge in [-0.25, -0.2) is 4.39 Å². The molecule has 0 saturated carbocycles. The van der Waals surface area contributed by atoms with Gasteiger partial charge in [0.25, 0.3) is 11.1 Å². The molecule has 2 amide bonds. The molecular weight excluding hydrogens is 477 g/mol. The number of methoxy groups -OCH3 is 1. The number of nitrogens with zero attached hydrogens (tertiary/aromatic N) is 1. The lowest BCUT2D eigenvalue weighted by Gasteiger charge is -2.13. The highest BCUT2D eigenvalue weighted by Gasteiger charge is 2.35. The first-order valence-electron chi connectivity index (χ1n) is 11.3. The van der Waals surface area contributed by atoms with E-state index in [1.54, 1.807) is 49.6 Å². The Kier molecular flexibility index (Phi) is 6.73. The van der Waals surface area contributed by atoms with Crippen LogP contribution in [0.2, 0.25) is 0 Å². The Bertz CT molecular complexity index is 1490. The number of hydrogen-bond acceptors (Lipinski definition) is 5. The van der Waals surface area contributed by atoms with Gasteiger partial charge in [0.2, 0.25) is 0 Å². The third-order valence-electron chi connectivity index (χ3n) is 5.91. The Balaban J connectivity index is 1.33. The third kappa shape index (κ3) is 4.83. The van der Waals surface area contributed by atoms with E-state index in [-0.39, 0.29) is 17.0 Å². The highest BCUT2D eigenvalue weighted by molar-refractivity contribution is 8.18. The third-order valence-corrected chi connectivity index (χ3v) is 6.82. The molecular formula is C29H22FNO4S. The topological polar surface area (TPSA) is 55.8 Å². The molecule has 36 heavy (non-hydrogen) atoms. The molecule has 1 fully saturated rings. The predicted molar refractivity (Wildman–Crippen MR) is 139 cm³/mol. The van der Waals surface area contributed by atoms with Crippen molar-refractivity contribution < 1.29 is 23.5 Å². The first-order valence-corrected chi connectivity index (χ1v) is 12.1. The zero-order chi connectivity index (χ0) is 25.1. The molecule has 5 rings (SSSR count). The first-order chi connectivity index (χ1) is 17.5. The average Bonchev–Trinajstić information content (AvgIpc) is 3.16. The van der Waals surface area contributed by atoms with Gasteiger partial charge in [0, 0.05) is 5.56 Å². The van der Waals surface area contributed by atoms with E-state index in [0.717, 1.165) is 33.0 Å². The Labute approximate surface area is 212 Å². The van der Waals surface area contributed by atoms with Crippen molar-refractivity contribution in [2.24, 2.45) is 0 Å². The summed E-state index contributed by atoms with van der Waals surface area (Å²) in [6.45, 7) is 0.255. The lowest BCUT2D eigenvalue weighted by Crippen LogP contribution is -2.27. The normalized spacial score (nSPS) is 14.6. The van der Waals surface area contributed by atoms with Crippen LogP contribution in [0.25, 0.3) is 16.8 Å². The zero-order valence-corrected chi connectivity index (χ0v) is 20.3. The summed E-state index contributed by atoms with van der Waals surface area (Å²) in [5.41, 5.74) is 2.03. The molecule has 0 aliphatic carbocycles. The van der Waals surface area contributed by atoms with E-state index in [0.29, 0.717) is 23.7 Å². The van der Waals surface area contributed by atoms with Gasteiger partial charge in [-0.15, -0.1) is 0 Å². The van der Waals surface area contributed by atoms with Gasteiger partial charge >= 0.3 is 0 Å². The smallest absolute Gasteiger partial charge is 0.293 e. The fraction of sp³-hybridized carbons (Fsp3) is 0.103. The summed E-state index contributed by atoms with van der Waals surface area (Å²) in [5, 5.41) is 1.84. The standard InChI is InChI=1S/C29H22FNO4S/c1-34-26-15-19(13-14-25(26)35-18-22-10-6-9-20-7-2-4-11-23(20)22)16-27-28(32)31(29(33)36-27)17-21-8-3-5-12-24(21)30/h2-16H,17-18H2,1H3/b27-16+. The number of halogens is 1. The largest absolute Gasteiger partial charge is 0.493 e. The van der Waals surface area contributed by atoms with Crippen molar-refractivity contribution in [2.45, 2.75) is 13.2 Å². The molecule has 1 saturated heterocycles. The molecule has 1 aliphatic rings. The molecule has 0 N–H and O–H groups in total. The Morgan fingerprint density at radius 2 is 1.64 bits per heavy atom. The Morgan fingerprint density at radius 1 is 0.889 bits per heavy atom. The van der Waals surface area contributed by atoms with E-state index in [4.69, 9.17) is 9.47 Å². The predicted octanol–water partition coefficient (Wildman–Crippen LogP) is 6.80. The van der Waals surface area contributed by atoms with Crippen LogP contribution in [0.4, 0.5) is 9.18 Å². The van der Waals surface area contributed by atoms with Gasteiger partial charge in [-0.3, -0.25) is 14.5 Å². The monoisotopic (exact) mass is 499 g/mol. The number of fused-ring (bicyclic) bond motifs is 1. The van der Waals surface area contributed by atoms with Gasteiger partial charge in [-0.2, -0.15) is 0 Å². The van der Waals surface area contributed by atoms with Crippen LogP contribution in [0.5, 0.6) is 11.5 Å². The maximum atomic E-state index is 14.0. The lowest BCUT2D eigenvalue weighted by molar-refractivity contribution is -0.123. The van der Waals surface area contributed by atoms with Crippen LogP contribution in [0.3, 0.4) is 0 Å². The van der Waals surface area contributed by atoms with Gasteiger partial charge in [0.1, 0.15) is 12.4 Å². The summed E-state index contributed by atoms with van der Waals surface area (Å²) in [5.74, 6) is 0.165. The fourth-order valence-corrected chi connectivity index (χ4v) is 4.89. The van der Waals surface area contributed by atoms with Crippen LogP contribution in [-0.4, -0.2) is 23.2 Å². The molecule has 4 aromatic rings. The molecule has 5 nitrogen and oxygen atoms in total. The van der Waals surface area contributed by atoms with Crippen LogP contribution >= 0.6 is 11.8 Å². The minimum absolute atomic E-state index is 0.112. The number of imide groups is 1. The number of rotatable bonds is 7. The van der Waals surface area contributed by atoms with Crippen LogP contribution in [0, 0.1) is 5.82 Å². The van der Waals surface area contributed by atoms with Crippen LogP contribution in [0.1, 0.15) is 16.7 Å². The van der Waals surface area contributed by atoms with E-state index >= 15 is 0 Å². The first kappa shape index (κ1) is 23.6. The number of carbonyl (C=O) groups excluding carboxylic acids is 2. The van der Waals surface area contributed by atoms with Gasteiger partial charge in [0.05, 0.1) is 18.6 Å². The summed E-state index contributed by atoms with van der Waals surface area (Å²) in [7, 11) is 1.55. The molecule has 1 aliphatic heterocycles. The highest BCUT2D eigenvalue weighted by atomic mass is 32.2. The van der Waals surface area contributed by atoms with E-state index in [2.05, 4.69) is 18.2 Å². The second-order valence-corrected chi connectivity index (χ2v) is 9.19. The maximum absolute atomic E-state index is 14.0. The number of carbonyl (C=O) groups is 2. The second kappa shape index (κ2) is 10.3. The van der Waals surface area contributed by atoms with Crippen molar-refractivity contribution >= 4 is 39.8 Å². The number of hydrogen-bond donors (Lipinski definition) is 0. The fourth-order valence-electron chi connectivity index (χ4n) is 4.05. The number of thioether (sulfide) groups is 1. The van der Waals surface area contributed by atoms with Crippen molar-refractivity contribution in [3.63, 3.8) is 0 Å². The van der Waals surface area contributed by atoms with Crippen molar-refractivity contribution in [1.82, 2.24) is 4.90 Å². The van der Waals surface area contributed by atoms with Crippen molar-refractivity contribution in [2.75, 3.05) is 7.11 Å². The van der Waals surface area contributed by atoms with Gasteiger partial charge < -0.3 is 9.47 Å². The second-order valence-electron chi connectivity index (χ2n) is 8.20. The summed E-state index contributed by atoms with van der Waals surface area (Å²) in [4.78, 5) is 26.6. The molecule has 0 radical (unpaired) electrons. The average molecular weight is 500 g/mol. The summed E-state index contributed by atoms with van der Waals surface area (Å²) in [6.07, 6.45) is 1.63. The lowest BCUT2D eigenvalue weighted by atomic mass is 10.1. The van der Waals surface area contributed by atoms with Crippen molar-refractivity contribution in [1.29, 1.82) is 0 Å².